The third-order valence-electron chi connectivity index (χ3n) is 2.76. The van der Waals surface area contributed by atoms with Crippen LogP contribution in [0.5, 0.6) is 0 Å². The third-order valence-corrected chi connectivity index (χ3v) is 3.33. The van der Waals surface area contributed by atoms with Crippen molar-refractivity contribution in [2.75, 3.05) is 0 Å². The first-order valence-corrected chi connectivity index (χ1v) is 6.74. The molecule has 0 atom stereocenters. The average Bonchev–Trinajstić information content (AvgIpc) is 2.84. The summed E-state index contributed by atoms with van der Waals surface area (Å²) in [4.78, 5) is 3.00. The fourth-order valence-corrected chi connectivity index (χ4v) is 2.31. The molecule has 0 amide bonds. The molecule has 1 aliphatic heterocycles. The highest BCUT2D eigenvalue weighted by Crippen LogP contribution is 2.19. The second-order valence-electron chi connectivity index (χ2n) is 4.03. The molecular weight excluding hydrogens is 216 g/mol. The predicted molar refractivity (Wildman–Crippen MR) is 71.5 cm³/mol. The minimum absolute atomic E-state index is 1.16. The van der Waals surface area contributed by atoms with Crippen molar-refractivity contribution in [3.63, 3.8) is 0 Å². The van der Waals surface area contributed by atoms with E-state index < -0.39 is 0 Å². The van der Waals surface area contributed by atoms with Gasteiger partial charge in [-0.25, -0.2) is 0 Å². The largest absolute Gasteiger partial charge is 0.310 e. The molecule has 0 saturated heterocycles. The molecule has 0 fully saturated rings. The molecule has 0 unspecified atom stereocenters. The summed E-state index contributed by atoms with van der Waals surface area (Å²) < 4.78 is 0. The molecule has 0 spiro atoms. The second-order valence-corrected chi connectivity index (χ2v) is 4.71. The highest BCUT2D eigenvalue weighted by atomic mass is 32.2. The Morgan fingerprint density at radius 1 is 1.12 bits per heavy atom. The first-order valence-electron chi connectivity index (χ1n) is 5.86. The Kier molecular flexibility index (Phi) is 4.31. The molecular formula is C13H18N2S. The molecule has 1 heterocycles. The quantitative estimate of drug-likeness (QED) is 0.602. The van der Waals surface area contributed by atoms with Crippen molar-refractivity contribution in [1.82, 2.24) is 10.3 Å². The van der Waals surface area contributed by atoms with Crippen LogP contribution in [0.15, 0.2) is 29.7 Å². The van der Waals surface area contributed by atoms with Gasteiger partial charge in [0.15, 0.2) is 0 Å². The minimum atomic E-state index is 1.16. The fourth-order valence-electron chi connectivity index (χ4n) is 1.77. The van der Waals surface area contributed by atoms with Gasteiger partial charge in [0.2, 0.25) is 0 Å². The lowest BCUT2D eigenvalue weighted by Crippen LogP contribution is -2.17. The molecule has 1 aliphatic rings. The summed E-state index contributed by atoms with van der Waals surface area (Å²) in [6.45, 7) is 2.24. The van der Waals surface area contributed by atoms with E-state index in [0.29, 0.717) is 0 Å². The number of nitrogens with one attached hydrogen (secondary N) is 2. The van der Waals surface area contributed by atoms with Gasteiger partial charge in [0.25, 0.3) is 0 Å². The molecule has 0 bridgehead atoms. The average molecular weight is 234 g/mol. The molecule has 86 valence electrons. The van der Waals surface area contributed by atoms with E-state index in [1.54, 1.807) is 11.9 Å². The Bertz CT molecular complexity index is 357. The van der Waals surface area contributed by atoms with Crippen molar-refractivity contribution in [3.8, 4) is 0 Å². The van der Waals surface area contributed by atoms with Gasteiger partial charge in [-0.05, 0) is 35.9 Å². The van der Waals surface area contributed by atoms with E-state index in [0.717, 1.165) is 5.70 Å². The number of rotatable bonds is 5. The van der Waals surface area contributed by atoms with E-state index in [1.165, 1.54) is 36.8 Å². The van der Waals surface area contributed by atoms with E-state index in [-0.39, 0.29) is 0 Å². The fraction of sp³-hybridized carbons (Fsp3) is 0.385. The SMILES string of the molecule is CCCCCc1ccc(C2=CSNN2)cc1. The molecule has 1 aromatic carbocycles. The zero-order chi connectivity index (χ0) is 11.2. The Hall–Kier alpha value is -0.930. The minimum Gasteiger partial charge on any atom is -0.310 e. The first kappa shape index (κ1) is 11.6. The van der Waals surface area contributed by atoms with Gasteiger partial charge < -0.3 is 5.43 Å². The van der Waals surface area contributed by atoms with Crippen molar-refractivity contribution < 1.29 is 0 Å². The monoisotopic (exact) mass is 234 g/mol. The second kappa shape index (κ2) is 5.97. The summed E-state index contributed by atoms with van der Waals surface area (Å²) in [5, 5.41) is 2.09. The van der Waals surface area contributed by atoms with Gasteiger partial charge in [-0.2, -0.15) is 4.83 Å². The standard InChI is InChI=1S/C13H18N2S/c1-2-3-4-5-11-6-8-12(9-7-11)13-10-16-15-14-13/h6-10,14-15H,2-5H2,1H3. The van der Waals surface area contributed by atoms with Gasteiger partial charge >= 0.3 is 0 Å². The molecule has 0 aromatic heterocycles. The smallest absolute Gasteiger partial charge is 0.0645 e. The van der Waals surface area contributed by atoms with E-state index in [4.69, 9.17) is 0 Å². The van der Waals surface area contributed by atoms with Gasteiger partial charge in [0.1, 0.15) is 0 Å². The van der Waals surface area contributed by atoms with E-state index >= 15 is 0 Å². The van der Waals surface area contributed by atoms with Gasteiger partial charge in [-0.15, -0.1) is 0 Å². The van der Waals surface area contributed by atoms with E-state index in [9.17, 15) is 0 Å². The number of aryl methyl sites for hydroxylation is 1. The summed E-state index contributed by atoms with van der Waals surface area (Å²) in [7, 11) is 0. The lowest BCUT2D eigenvalue weighted by molar-refractivity contribution is 0.717. The molecule has 0 saturated carbocycles. The van der Waals surface area contributed by atoms with Crippen molar-refractivity contribution in [1.29, 1.82) is 0 Å². The van der Waals surface area contributed by atoms with Crippen LogP contribution in [0.3, 0.4) is 0 Å². The topological polar surface area (TPSA) is 24.1 Å². The van der Waals surface area contributed by atoms with Crippen LogP contribution >= 0.6 is 11.9 Å². The number of benzene rings is 1. The van der Waals surface area contributed by atoms with Gasteiger partial charge in [-0.1, -0.05) is 44.0 Å². The van der Waals surface area contributed by atoms with Crippen molar-refractivity contribution in [2.45, 2.75) is 32.6 Å². The Morgan fingerprint density at radius 2 is 1.94 bits per heavy atom. The van der Waals surface area contributed by atoms with E-state index in [2.05, 4.69) is 46.9 Å². The van der Waals surface area contributed by atoms with Crippen LogP contribution < -0.4 is 10.3 Å². The molecule has 1 aromatic rings. The number of hydrogen-bond donors (Lipinski definition) is 2. The lowest BCUT2D eigenvalue weighted by Gasteiger charge is -2.05. The Balaban J connectivity index is 1.93. The lowest BCUT2D eigenvalue weighted by atomic mass is 10.0. The highest BCUT2D eigenvalue weighted by Gasteiger charge is 2.05. The molecule has 0 radical (unpaired) electrons. The highest BCUT2D eigenvalue weighted by molar-refractivity contribution is 8.00. The molecule has 3 heteroatoms. The van der Waals surface area contributed by atoms with Crippen LogP contribution in [0.25, 0.3) is 5.70 Å². The summed E-state index contributed by atoms with van der Waals surface area (Å²) in [6.07, 6.45) is 5.12. The predicted octanol–water partition coefficient (Wildman–Crippen LogP) is 3.47. The Labute approximate surface area is 102 Å². The van der Waals surface area contributed by atoms with Crippen molar-refractivity contribution >= 4 is 17.6 Å². The van der Waals surface area contributed by atoms with Gasteiger partial charge in [0.05, 0.1) is 5.70 Å². The van der Waals surface area contributed by atoms with Crippen LogP contribution in [0.4, 0.5) is 0 Å². The van der Waals surface area contributed by atoms with Gasteiger partial charge in [0, 0.05) is 5.41 Å². The summed E-state index contributed by atoms with van der Waals surface area (Å²) in [5.41, 5.74) is 6.96. The normalized spacial score (nSPS) is 14.7. The molecule has 2 nitrogen and oxygen atoms in total. The molecule has 2 N–H and O–H groups in total. The summed E-state index contributed by atoms with van der Waals surface area (Å²) in [5.74, 6) is 0. The zero-order valence-electron chi connectivity index (χ0n) is 9.62. The van der Waals surface area contributed by atoms with Crippen LogP contribution in [0.2, 0.25) is 0 Å². The van der Waals surface area contributed by atoms with Crippen molar-refractivity contribution in [2.24, 2.45) is 0 Å². The number of hydrazine groups is 1. The third kappa shape index (κ3) is 3.03. The van der Waals surface area contributed by atoms with Crippen LogP contribution in [-0.2, 0) is 6.42 Å². The maximum atomic E-state index is 3.12. The number of hydrogen-bond acceptors (Lipinski definition) is 3. The Morgan fingerprint density at radius 3 is 2.56 bits per heavy atom. The van der Waals surface area contributed by atoms with Gasteiger partial charge in [-0.3, -0.25) is 0 Å². The maximum Gasteiger partial charge on any atom is 0.0645 e. The van der Waals surface area contributed by atoms with Crippen LogP contribution in [-0.4, -0.2) is 0 Å². The summed E-state index contributed by atoms with van der Waals surface area (Å²) in [6, 6.07) is 8.84. The zero-order valence-corrected chi connectivity index (χ0v) is 10.4. The summed E-state index contributed by atoms with van der Waals surface area (Å²) >= 11 is 1.57. The number of unbranched alkanes of at least 4 members (excludes halogenated alkanes) is 2. The van der Waals surface area contributed by atoms with Crippen molar-refractivity contribution in [3.05, 3.63) is 40.8 Å². The van der Waals surface area contributed by atoms with Crippen LogP contribution in [0.1, 0.15) is 37.3 Å². The maximum absolute atomic E-state index is 3.12. The molecule has 2 rings (SSSR count). The molecule has 16 heavy (non-hydrogen) atoms. The van der Waals surface area contributed by atoms with E-state index in [1.807, 2.05) is 0 Å². The van der Waals surface area contributed by atoms with Crippen LogP contribution in [0, 0.1) is 0 Å². The first-order chi connectivity index (χ1) is 7.90. The molecule has 0 aliphatic carbocycles.